The summed E-state index contributed by atoms with van der Waals surface area (Å²) >= 11 is 0. The van der Waals surface area contributed by atoms with Gasteiger partial charge in [0.1, 0.15) is 23.9 Å². The van der Waals surface area contributed by atoms with E-state index in [1.54, 1.807) is 12.2 Å². The van der Waals surface area contributed by atoms with Gasteiger partial charge in [-0.3, -0.25) is 14.4 Å². The number of ether oxygens (including phenoxy) is 1. The van der Waals surface area contributed by atoms with E-state index in [4.69, 9.17) is 4.74 Å². The highest BCUT2D eigenvalue weighted by atomic mass is 19.4. The fourth-order valence-corrected chi connectivity index (χ4v) is 5.70. The number of fused-ring (bicyclic) bond motifs is 1. The van der Waals surface area contributed by atoms with Gasteiger partial charge in [-0.1, -0.05) is 81.7 Å². The van der Waals surface area contributed by atoms with E-state index in [2.05, 4.69) is 21.3 Å². The Morgan fingerprint density at radius 2 is 1.77 bits per heavy atom. The first kappa shape index (κ1) is 33.0. The molecular weight excluding hydrogens is 573 g/mol. The molecule has 2 aromatic carbocycles. The second-order valence-corrected chi connectivity index (χ2v) is 11.6. The first-order valence-corrected chi connectivity index (χ1v) is 15.2. The second-order valence-electron chi connectivity index (χ2n) is 11.6. The van der Waals surface area contributed by atoms with Gasteiger partial charge < -0.3 is 26.0 Å². The fraction of sp³-hybridized carbons (Fsp3) is 0.485. The van der Waals surface area contributed by atoms with Gasteiger partial charge in [-0.2, -0.15) is 13.2 Å². The molecule has 0 radical (unpaired) electrons. The molecule has 2 aromatic rings. The minimum atomic E-state index is -4.55. The maximum Gasteiger partial charge on any atom is 0.416 e. The molecule has 238 valence electrons. The van der Waals surface area contributed by atoms with Gasteiger partial charge in [0.2, 0.25) is 17.7 Å². The number of amides is 3. The van der Waals surface area contributed by atoms with Gasteiger partial charge in [0.15, 0.2) is 0 Å². The van der Waals surface area contributed by atoms with Crippen LogP contribution in [0.25, 0.3) is 6.08 Å². The van der Waals surface area contributed by atoms with E-state index in [-0.39, 0.29) is 30.4 Å². The number of benzene rings is 2. The quantitative estimate of drug-likeness (QED) is 0.409. The van der Waals surface area contributed by atoms with E-state index in [9.17, 15) is 27.6 Å². The summed E-state index contributed by atoms with van der Waals surface area (Å²) in [5, 5.41) is 11.9. The minimum Gasteiger partial charge on any atom is -0.492 e. The minimum absolute atomic E-state index is 0.0447. The van der Waals surface area contributed by atoms with Crippen molar-refractivity contribution < 1.29 is 32.3 Å². The maximum absolute atomic E-state index is 13.9. The van der Waals surface area contributed by atoms with Crippen LogP contribution in [0.3, 0.4) is 0 Å². The lowest BCUT2D eigenvalue weighted by molar-refractivity contribution is -0.137. The highest BCUT2D eigenvalue weighted by Gasteiger charge is 2.45. The van der Waals surface area contributed by atoms with Crippen LogP contribution in [0, 0.1) is 5.92 Å². The Kier molecular flexibility index (Phi) is 11.1. The van der Waals surface area contributed by atoms with Gasteiger partial charge in [0.05, 0.1) is 11.6 Å². The van der Waals surface area contributed by atoms with Crippen molar-refractivity contribution in [3.63, 3.8) is 0 Å². The van der Waals surface area contributed by atoms with Crippen molar-refractivity contribution in [3.05, 3.63) is 71.3 Å². The number of rotatable bonds is 4. The Morgan fingerprint density at radius 3 is 2.50 bits per heavy atom. The van der Waals surface area contributed by atoms with Gasteiger partial charge in [0.25, 0.3) is 0 Å². The zero-order valence-corrected chi connectivity index (χ0v) is 25.1. The smallest absolute Gasteiger partial charge is 0.416 e. The van der Waals surface area contributed by atoms with Crippen LogP contribution in [0.4, 0.5) is 13.2 Å². The van der Waals surface area contributed by atoms with Crippen molar-refractivity contribution in [2.75, 3.05) is 19.7 Å². The molecule has 3 amide bonds. The molecule has 3 unspecified atom stereocenters. The van der Waals surface area contributed by atoms with Gasteiger partial charge in [-0.25, -0.2) is 0 Å². The number of nitrogens with one attached hydrogen (secondary N) is 4. The highest BCUT2D eigenvalue weighted by molar-refractivity contribution is 5.96. The van der Waals surface area contributed by atoms with Crippen LogP contribution in [-0.2, 0) is 27.0 Å². The molecule has 1 spiro atoms. The lowest BCUT2D eigenvalue weighted by Crippen LogP contribution is -2.64. The Hall–Kier alpha value is -3.86. The van der Waals surface area contributed by atoms with Gasteiger partial charge in [-0.05, 0) is 36.5 Å². The fourth-order valence-electron chi connectivity index (χ4n) is 5.70. The predicted octanol–water partition coefficient (Wildman–Crippen LogP) is 4.39. The third-order valence-electron chi connectivity index (χ3n) is 8.40. The molecule has 1 fully saturated rings. The maximum atomic E-state index is 13.9. The molecule has 1 heterocycles. The zero-order valence-electron chi connectivity index (χ0n) is 25.1. The number of para-hydroxylation sites is 1. The standard InChI is InChI=1S/C33H41F3N4O4/c1-3-22(2)28-30(42)40-32(15-6-7-16-32)31(43)39-26(21-23-10-8-13-25(20-23)33(34,35)36)29(41)38-17-9-12-24-11-4-5-14-27(24)44-19-18-37-28/h4-5,8-14,20,22,26,28,37H,3,6-7,15-19,21H2,1-2H3,(H,38,41)(H,39,43)(H,40,42)/b12-9-. The van der Waals surface area contributed by atoms with E-state index in [0.717, 1.165) is 24.1 Å². The molecule has 3 atom stereocenters. The molecule has 0 saturated heterocycles. The Balaban J connectivity index is 1.66. The molecule has 44 heavy (non-hydrogen) atoms. The van der Waals surface area contributed by atoms with Gasteiger partial charge >= 0.3 is 6.18 Å². The topological polar surface area (TPSA) is 109 Å². The van der Waals surface area contributed by atoms with E-state index < -0.39 is 41.2 Å². The van der Waals surface area contributed by atoms with Crippen molar-refractivity contribution in [1.82, 2.24) is 21.3 Å². The summed E-state index contributed by atoms with van der Waals surface area (Å²) in [7, 11) is 0. The molecular formula is C33H41F3N4O4. The second kappa shape index (κ2) is 14.7. The molecule has 11 heteroatoms. The van der Waals surface area contributed by atoms with Crippen LogP contribution in [0.2, 0.25) is 0 Å². The molecule has 8 nitrogen and oxygen atoms in total. The summed E-state index contributed by atoms with van der Waals surface area (Å²) in [6.45, 7) is 4.77. The number of carbonyl (C=O) groups is 3. The third-order valence-corrected chi connectivity index (χ3v) is 8.40. The summed E-state index contributed by atoms with van der Waals surface area (Å²) in [5.74, 6) is -0.796. The molecule has 1 saturated carbocycles. The Bertz CT molecular complexity index is 1340. The van der Waals surface area contributed by atoms with Gasteiger partial charge in [-0.15, -0.1) is 0 Å². The molecule has 2 aliphatic rings. The number of carbonyl (C=O) groups excluding carboxylic acids is 3. The third kappa shape index (κ3) is 8.40. The number of hydrogen-bond acceptors (Lipinski definition) is 5. The molecule has 4 rings (SSSR count). The van der Waals surface area contributed by atoms with Crippen molar-refractivity contribution in [2.45, 2.75) is 76.2 Å². The first-order chi connectivity index (χ1) is 21.0. The monoisotopic (exact) mass is 614 g/mol. The van der Waals surface area contributed by atoms with Crippen LogP contribution < -0.4 is 26.0 Å². The molecule has 0 bridgehead atoms. The Labute approximate surface area is 256 Å². The Morgan fingerprint density at radius 1 is 1.02 bits per heavy atom. The largest absolute Gasteiger partial charge is 0.492 e. The lowest BCUT2D eigenvalue weighted by atomic mass is 9.92. The van der Waals surface area contributed by atoms with Gasteiger partial charge in [0, 0.05) is 25.1 Å². The van der Waals surface area contributed by atoms with E-state index in [1.165, 1.54) is 12.1 Å². The van der Waals surface area contributed by atoms with E-state index in [0.29, 0.717) is 44.6 Å². The van der Waals surface area contributed by atoms with Crippen molar-refractivity contribution in [3.8, 4) is 5.75 Å². The summed E-state index contributed by atoms with van der Waals surface area (Å²) in [6.07, 6.45) is 1.73. The van der Waals surface area contributed by atoms with E-state index in [1.807, 2.05) is 38.1 Å². The van der Waals surface area contributed by atoms with Crippen LogP contribution in [0.5, 0.6) is 5.75 Å². The highest BCUT2D eigenvalue weighted by Crippen LogP contribution is 2.32. The molecule has 1 aliphatic heterocycles. The van der Waals surface area contributed by atoms with Crippen LogP contribution in [0.1, 0.15) is 62.6 Å². The lowest BCUT2D eigenvalue weighted by Gasteiger charge is -2.34. The number of hydrogen-bond donors (Lipinski definition) is 4. The van der Waals surface area contributed by atoms with E-state index >= 15 is 0 Å². The summed E-state index contributed by atoms with van der Waals surface area (Å²) < 4.78 is 46.3. The van der Waals surface area contributed by atoms with Crippen LogP contribution in [-0.4, -0.2) is 55.0 Å². The van der Waals surface area contributed by atoms with Crippen LogP contribution in [0.15, 0.2) is 54.6 Å². The summed E-state index contributed by atoms with van der Waals surface area (Å²) in [6, 6.07) is 10.4. The predicted molar refractivity (Wildman–Crippen MR) is 162 cm³/mol. The molecule has 4 N–H and O–H groups in total. The number of alkyl halides is 3. The van der Waals surface area contributed by atoms with Crippen LogP contribution >= 0.6 is 0 Å². The SMILES string of the molecule is CCC(C)C1NCCOc2ccccc2/C=C\CNC(=O)C(Cc2cccc(C(F)(F)F)c2)NC(=O)C2(CCCC2)NC1=O. The summed E-state index contributed by atoms with van der Waals surface area (Å²) in [4.78, 5) is 41.0. The molecule has 0 aromatic heterocycles. The first-order valence-electron chi connectivity index (χ1n) is 15.2. The average Bonchev–Trinajstić information content (AvgIpc) is 3.48. The summed E-state index contributed by atoms with van der Waals surface area (Å²) in [5.41, 5.74) is -1.04. The van der Waals surface area contributed by atoms with Crippen molar-refractivity contribution in [2.24, 2.45) is 5.92 Å². The van der Waals surface area contributed by atoms with Crippen molar-refractivity contribution in [1.29, 1.82) is 0 Å². The molecule has 1 aliphatic carbocycles. The zero-order chi connectivity index (χ0) is 31.7. The number of halogens is 3. The normalized spacial score (nSPS) is 23.2. The van der Waals surface area contributed by atoms with Crippen molar-refractivity contribution >= 4 is 23.8 Å². The average molecular weight is 615 g/mol.